The van der Waals surface area contributed by atoms with Crippen LogP contribution in [0.25, 0.3) is 0 Å². The molecule has 0 aliphatic carbocycles. The van der Waals surface area contributed by atoms with Crippen molar-refractivity contribution in [2.24, 2.45) is 0 Å². The standard InChI is InChI=1S/C21H22F2O5/c22-17-10-14(7-8-20(24)25)11-18(23)21(17)28-12-15-4-1-2-6-19(15)27-13-16-5-3-9-26-16/h1-2,4,6,10-11,16H,3,5,7-9,12-13H2,(H,24,25). The summed E-state index contributed by atoms with van der Waals surface area (Å²) in [7, 11) is 0. The summed E-state index contributed by atoms with van der Waals surface area (Å²) in [6, 6.07) is 9.34. The molecule has 0 saturated carbocycles. The minimum Gasteiger partial charge on any atom is -0.490 e. The molecule has 2 aromatic carbocycles. The molecule has 1 atom stereocenters. The number of benzene rings is 2. The second-order valence-electron chi connectivity index (χ2n) is 6.62. The molecule has 1 unspecified atom stereocenters. The van der Waals surface area contributed by atoms with Crippen molar-refractivity contribution >= 4 is 5.97 Å². The number of hydrogen-bond donors (Lipinski definition) is 1. The lowest BCUT2D eigenvalue weighted by Gasteiger charge is -2.15. The number of carboxylic acids is 1. The van der Waals surface area contributed by atoms with Crippen LogP contribution in [-0.4, -0.2) is 30.4 Å². The van der Waals surface area contributed by atoms with Gasteiger partial charge in [0.2, 0.25) is 0 Å². The van der Waals surface area contributed by atoms with Crippen LogP contribution in [0.5, 0.6) is 11.5 Å². The average Bonchev–Trinajstić information content (AvgIpc) is 3.18. The lowest BCUT2D eigenvalue weighted by Crippen LogP contribution is -2.17. The molecule has 0 aromatic heterocycles. The number of halogens is 2. The van der Waals surface area contributed by atoms with E-state index in [1.54, 1.807) is 18.2 Å². The topological polar surface area (TPSA) is 65.0 Å². The van der Waals surface area contributed by atoms with Crippen molar-refractivity contribution in [1.29, 1.82) is 0 Å². The smallest absolute Gasteiger partial charge is 0.303 e. The van der Waals surface area contributed by atoms with E-state index in [1.165, 1.54) is 0 Å². The Morgan fingerprint density at radius 1 is 1.18 bits per heavy atom. The van der Waals surface area contributed by atoms with Gasteiger partial charge in [0.1, 0.15) is 19.0 Å². The molecule has 7 heteroatoms. The Morgan fingerprint density at radius 2 is 1.93 bits per heavy atom. The summed E-state index contributed by atoms with van der Waals surface area (Å²) in [5, 5.41) is 8.69. The Kier molecular flexibility index (Phi) is 6.81. The lowest BCUT2D eigenvalue weighted by molar-refractivity contribution is -0.136. The van der Waals surface area contributed by atoms with Gasteiger partial charge in [-0.1, -0.05) is 18.2 Å². The van der Waals surface area contributed by atoms with E-state index in [1.807, 2.05) is 6.07 Å². The molecule has 150 valence electrons. The number of aryl methyl sites for hydroxylation is 1. The van der Waals surface area contributed by atoms with Crippen LogP contribution in [0.1, 0.15) is 30.4 Å². The minimum absolute atomic E-state index is 0.0450. The van der Waals surface area contributed by atoms with Crippen LogP contribution in [0.4, 0.5) is 8.78 Å². The van der Waals surface area contributed by atoms with E-state index in [-0.39, 0.29) is 31.1 Å². The van der Waals surface area contributed by atoms with Crippen molar-refractivity contribution in [3.05, 3.63) is 59.2 Å². The van der Waals surface area contributed by atoms with Gasteiger partial charge < -0.3 is 19.3 Å². The molecule has 1 aliphatic rings. The van der Waals surface area contributed by atoms with Gasteiger partial charge in [0.05, 0.1) is 6.10 Å². The molecule has 1 fully saturated rings. The largest absolute Gasteiger partial charge is 0.490 e. The number of aliphatic carboxylic acids is 1. The fraction of sp³-hybridized carbons (Fsp3) is 0.381. The van der Waals surface area contributed by atoms with Gasteiger partial charge in [0.25, 0.3) is 0 Å². The van der Waals surface area contributed by atoms with E-state index in [2.05, 4.69) is 0 Å². The molecule has 0 radical (unpaired) electrons. The van der Waals surface area contributed by atoms with Crippen LogP contribution in [0.2, 0.25) is 0 Å². The first-order chi connectivity index (χ1) is 13.5. The first kappa shape index (κ1) is 20.1. The highest BCUT2D eigenvalue weighted by atomic mass is 19.1. The maximum atomic E-state index is 14.2. The molecule has 1 aliphatic heterocycles. The van der Waals surface area contributed by atoms with Crippen LogP contribution in [0.15, 0.2) is 36.4 Å². The fourth-order valence-electron chi connectivity index (χ4n) is 3.02. The SMILES string of the molecule is O=C(O)CCc1cc(F)c(OCc2ccccc2OCC2CCCO2)c(F)c1. The molecule has 2 aromatic rings. The van der Waals surface area contributed by atoms with E-state index in [0.717, 1.165) is 31.6 Å². The molecular weight excluding hydrogens is 370 g/mol. The monoisotopic (exact) mass is 392 g/mol. The van der Waals surface area contributed by atoms with E-state index in [9.17, 15) is 13.6 Å². The molecule has 1 heterocycles. The van der Waals surface area contributed by atoms with Gasteiger partial charge in [0, 0.05) is 18.6 Å². The first-order valence-corrected chi connectivity index (χ1v) is 9.17. The van der Waals surface area contributed by atoms with Crippen LogP contribution in [-0.2, 0) is 22.6 Å². The molecule has 5 nitrogen and oxygen atoms in total. The number of ether oxygens (including phenoxy) is 3. The zero-order valence-corrected chi connectivity index (χ0v) is 15.3. The molecular formula is C21H22F2O5. The third-order valence-electron chi connectivity index (χ3n) is 4.48. The highest BCUT2D eigenvalue weighted by Crippen LogP contribution is 2.27. The van der Waals surface area contributed by atoms with Crippen molar-refractivity contribution in [1.82, 2.24) is 0 Å². The number of rotatable bonds is 9. The van der Waals surface area contributed by atoms with Gasteiger partial charge in [-0.3, -0.25) is 4.79 Å². The van der Waals surface area contributed by atoms with Crippen molar-refractivity contribution < 1.29 is 32.9 Å². The Labute approximate surface area is 161 Å². The van der Waals surface area contributed by atoms with Gasteiger partial charge in [-0.25, -0.2) is 8.78 Å². The predicted octanol–water partition coefficient (Wildman–Crippen LogP) is 4.12. The Hall–Kier alpha value is -2.67. The zero-order valence-electron chi connectivity index (χ0n) is 15.3. The minimum atomic E-state index is -1.03. The second kappa shape index (κ2) is 9.50. The van der Waals surface area contributed by atoms with E-state index >= 15 is 0 Å². The normalized spacial score (nSPS) is 16.1. The van der Waals surface area contributed by atoms with Crippen molar-refractivity contribution in [2.75, 3.05) is 13.2 Å². The third-order valence-corrected chi connectivity index (χ3v) is 4.48. The van der Waals surface area contributed by atoms with Gasteiger partial charge in [0.15, 0.2) is 17.4 Å². The maximum Gasteiger partial charge on any atom is 0.303 e. The highest BCUT2D eigenvalue weighted by Gasteiger charge is 2.18. The predicted molar refractivity (Wildman–Crippen MR) is 97.6 cm³/mol. The lowest BCUT2D eigenvalue weighted by atomic mass is 10.1. The summed E-state index contributed by atoms with van der Waals surface area (Å²) in [6.45, 7) is 1.09. The summed E-state index contributed by atoms with van der Waals surface area (Å²) >= 11 is 0. The van der Waals surface area contributed by atoms with Crippen LogP contribution < -0.4 is 9.47 Å². The van der Waals surface area contributed by atoms with E-state index in [4.69, 9.17) is 19.3 Å². The van der Waals surface area contributed by atoms with Crippen molar-refractivity contribution in [3.63, 3.8) is 0 Å². The first-order valence-electron chi connectivity index (χ1n) is 9.17. The average molecular weight is 392 g/mol. The molecule has 0 bridgehead atoms. The number of hydrogen-bond acceptors (Lipinski definition) is 4. The van der Waals surface area contributed by atoms with E-state index in [0.29, 0.717) is 17.9 Å². The summed E-state index contributed by atoms with van der Waals surface area (Å²) < 4.78 is 45.2. The van der Waals surface area contributed by atoms with E-state index < -0.39 is 23.4 Å². The molecule has 0 amide bonds. The number of para-hydroxylation sites is 1. The zero-order chi connectivity index (χ0) is 19.9. The van der Waals surface area contributed by atoms with Crippen LogP contribution >= 0.6 is 0 Å². The maximum absolute atomic E-state index is 14.2. The molecule has 0 spiro atoms. The third kappa shape index (κ3) is 5.42. The summed E-state index contributed by atoms with van der Waals surface area (Å²) in [4.78, 5) is 10.6. The Balaban J connectivity index is 1.64. The Morgan fingerprint density at radius 3 is 2.61 bits per heavy atom. The molecule has 1 saturated heterocycles. The number of carboxylic acid groups (broad SMARTS) is 1. The second-order valence-corrected chi connectivity index (χ2v) is 6.62. The molecule has 3 rings (SSSR count). The fourth-order valence-corrected chi connectivity index (χ4v) is 3.02. The van der Waals surface area contributed by atoms with Gasteiger partial charge >= 0.3 is 5.97 Å². The highest BCUT2D eigenvalue weighted by molar-refractivity contribution is 5.67. The van der Waals surface area contributed by atoms with Crippen molar-refractivity contribution in [3.8, 4) is 11.5 Å². The summed E-state index contributed by atoms with van der Waals surface area (Å²) in [5.41, 5.74) is 0.930. The van der Waals surface area contributed by atoms with Gasteiger partial charge in [-0.15, -0.1) is 0 Å². The van der Waals surface area contributed by atoms with Gasteiger partial charge in [-0.2, -0.15) is 0 Å². The molecule has 1 N–H and O–H groups in total. The summed E-state index contributed by atoms with van der Waals surface area (Å²) in [6.07, 6.45) is 1.86. The van der Waals surface area contributed by atoms with Gasteiger partial charge in [-0.05, 0) is 43.0 Å². The number of carbonyl (C=O) groups is 1. The Bertz CT molecular complexity index is 795. The van der Waals surface area contributed by atoms with Crippen LogP contribution in [0.3, 0.4) is 0 Å². The van der Waals surface area contributed by atoms with Crippen LogP contribution in [0, 0.1) is 11.6 Å². The quantitative estimate of drug-likeness (QED) is 0.696. The van der Waals surface area contributed by atoms with Crippen molar-refractivity contribution in [2.45, 2.75) is 38.4 Å². The molecule has 28 heavy (non-hydrogen) atoms. The summed E-state index contributed by atoms with van der Waals surface area (Å²) in [5.74, 6) is -2.66.